The van der Waals surface area contributed by atoms with Crippen molar-refractivity contribution in [3.8, 4) is 0 Å². The molecule has 6 heteroatoms. The van der Waals surface area contributed by atoms with Crippen LogP contribution in [0.15, 0.2) is 0 Å². The van der Waals surface area contributed by atoms with Crippen LogP contribution in [0.5, 0.6) is 0 Å². The van der Waals surface area contributed by atoms with Gasteiger partial charge in [0.05, 0.1) is 17.0 Å². The highest BCUT2D eigenvalue weighted by Gasteiger charge is 2.38. The third-order valence-corrected chi connectivity index (χ3v) is 6.96. The Balaban J connectivity index is 1.93. The number of hydrogen-bond acceptors (Lipinski definition) is 4. The first-order valence-corrected chi connectivity index (χ1v) is 9.14. The number of hydrogen-bond donors (Lipinski definition) is 2. The Bertz CT molecular complexity index is 417. The molecule has 2 saturated carbocycles. The number of aliphatic hydroxyl groups is 1. The lowest BCUT2D eigenvalue weighted by atomic mass is 9.88. The second kappa shape index (κ2) is 6.30. The molecule has 0 heterocycles. The van der Waals surface area contributed by atoms with Gasteiger partial charge in [0.2, 0.25) is 10.0 Å². The van der Waals surface area contributed by atoms with Crippen LogP contribution in [0.1, 0.15) is 51.9 Å². The predicted octanol–water partition coefficient (Wildman–Crippen LogP) is 1.41. The highest BCUT2D eigenvalue weighted by Crippen LogP contribution is 2.32. The number of ether oxygens (including phenoxy) is 1. The Kier molecular flexibility index (Phi) is 5.10. The van der Waals surface area contributed by atoms with Gasteiger partial charge in [-0.1, -0.05) is 19.8 Å². The van der Waals surface area contributed by atoms with Gasteiger partial charge >= 0.3 is 0 Å². The molecule has 0 bridgehead atoms. The SMILES string of the molecule is COC1CCC(S(=O)(=O)NCC2(O)CCCC2)C(C)C1. The molecule has 3 unspecified atom stereocenters. The van der Waals surface area contributed by atoms with Crippen LogP contribution in [-0.4, -0.2) is 44.1 Å². The highest BCUT2D eigenvalue weighted by atomic mass is 32.2. The Morgan fingerprint density at radius 2 is 1.95 bits per heavy atom. The molecule has 0 aliphatic heterocycles. The molecule has 2 aliphatic rings. The van der Waals surface area contributed by atoms with E-state index < -0.39 is 15.6 Å². The van der Waals surface area contributed by atoms with E-state index in [0.717, 1.165) is 25.7 Å². The van der Waals surface area contributed by atoms with Gasteiger partial charge in [-0.15, -0.1) is 0 Å². The third-order valence-electron chi connectivity index (χ3n) is 4.91. The van der Waals surface area contributed by atoms with Crippen LogP contribution in [-0.2, 0) is 14.8 Å². The first-order chi connectivity index (χ1) is 9.36. The zero-order chi connectivity index (χ0) is 14.8. The number of methoxy groups -OCH3 is 1. The molecule has 0 radical (unpaired) electrons. The van der Waals surface area contributed by atoms with E-state index in [0.29, 0.717) is 19.3 Å². The Morgan fingerprint density at radius 3 is 2.50 bits per heavy atom. The molecule has 5 nitrogen and oxygen atoms in total. The van der Waals surface area contributed by atoms with Gasteiger partial charge in [-0.25, -0.2) is 13.1 Å². The lowest BCUT2D eigenvalue weighted by Crippen LogP contribution is -2.47. The Labute approximate surface area is 122 Å². The van der Waals surface area contributed by atoms with E-state index in [4.69, 9.17) is 4.74 Å². The summed E-state index contributed by atoms with van der Waals surface area (Å²) < 4.78 is 32.8. The minimum atomic E-state index is -3.36. The van der Waals surface area contributed by atoms with Crippen molar-refractivity contribution in [2.24, 2.45) is 5.92 Å². The highest BCUT2D eigenvalue weighted by molar-refractivity contribution is 7.90. The summed E-state index contributed by atoms with van der Waals surface area (Å²) in [7, 11) is -1.67. The molecule has 118 valence electrons. The summed E-state index contributed by atoms with van der Waals surface area (Å²) in [6.07, 6.45) is 5.73. The fourth-order valence-electron chi connectivity index (χ4n) is 3.55. The van der Waals surface area contributed by atoms with Crippen LogP contribution in [0.25, 0.3) is 0 Å². The maximum Gasteiger partial charge on any atom is 0.214 e. The summed E-state index contributed by atoms with van der Waals surface area (Å²) >= 11 is 0. The molecule has 0 saturated heterocycles. The average Bonchev–Trinajstić information content (AvgIpc) is 2.84. The van der Waals surface area contributed by atoms with Crippen LogP contribution in [0.4, 0.5) is 0 Å². The summed E-state index contributed by atoms with van der Waals surface area (Å²) in [5, 5.41) is 9.89. The van der Waals surface area contributed by atoms with Gasteiger partial charge < -0.3 is 9.84 Å². The molecule has 2 fully saturated rings. The van der Waals surface area contributed by atoms with Gasteiger partial charge in [-0.05, 0) is 38.0 Å². The summed E-state index contributed by atoms with van der Waals surface area (Å²) in [5.74, 6) is 0.0874. The molecule has 0 aromatic carbocycles. The summed E-state index contributed by atoms with van der Waals surface area (Å²) in [4.78, 5) is 0. The molecule has 0 aromatic heterocycles. The van der Waals surface area contributed by atoms with Crippen molar-refractivity contribution in [2.75, 3.05) is 13.7 Å². The number of rotatable bonds is 5. The first kappa shape index (κ1) is 16.2. The lowest BCUT2D eigenvalue weighted by molar-refractivity contribution is 0.0505. The van der Waals surface area contributed by atoms with E-state index in [1.807, 2.05) is 6.92 Å². The van der Waals surface area contributed by atoms with Gasteiger partial charge in [-0.3, -0.25) is 0 Å². The molecule has 3 atom stereocenters. The third kappa shape index (κ3) is 3.72. The zero-order valence-corrected chi connectivity index (χ0v) is 13.3. The summed E-state index contributed by atoms with van der Waals surface area (Å²) in [5.41, 5.74) is -0.833. The van der Waals surface area contributed by atoms with Crippen LogP contribution in [0.3, 0.4) is 0 Å². The van der Waals surface area contributed by atoms with E-state index in [1.54, 1.807) is 7.11 Å². The first-order valence-electron chi connectivity index (χ1n) is 7.60. The molecule has 0 spiro atoms. The minimum absolute atomic E-state index is 0.0874. The Morgan fingerprint density at radius 1 is 1.30 bits per heavy atom. The fraction of sp³-hybridized carbons (Fsp3) is 1.00. The molecule has 2 aliphatic carbocycles. The van der Waals surface area contributed by atoms with Gasteiger partial charge in [0.25, 0.3) is 0 Å². The smallest absolute Gasteiger partial charge is 0.214 e. The van der Waals surface area contributed by atoms with E-state index in [2.05, 4.69) is 4.72 Å². The van der Waals surface area contributed by atoms with Crippen molar-refractivity contribution in [1.82, 2.24) is 4.72 Å². The van der Waals surface area contributed by atoms with Gasteiger partial charge in [0.15, 0.2) is 0 Å². The van der Waals surface area contributed by atoms with Crippen molar-refractivity contribution >= 4 is 10.0 Å². The molecule has 0 aromatic rings. The zero-order valence-electron chi connectivity index (χ0n) is 12.5. The standard InChI is InChI=1S/C14H27NO4S/c1-11-9-12(19-2)5-6-13(11)20(17,18)15-10-14(16)7-3-4-8-14/h11-13,15-16H,3-10H2,1-2H3. The van der Waals surface area contributed by atoms with Crippen molar-refractivity contribution < 1.29 is 18.3 Å². The van der Waals surface area contributed by atoms with Crippen molar-refractivity contribution in [2.45, 2.75) is 68.8 Å². The van der Waals surface area contributed by atoms with Gasteiger partial charge in [0, 0.05) is 13.7 Å². The molecule has 2 rings (SSSR count). The van der Waals surface area contributed by atoms with Crippen molar-refractivity contribution in [1.29, 1.82) is 0 Å². The largest absolute Gasteiger partial charge is 0.389 e. The second-order valence-electron chi connectivity index (χ2n) is 6.48. The Hall–Kier alpha value is -0.170. The molecular weight excluding hydrogens is 278 g/mol. The monoisotopic (exact) mass is 305 g/mol. The van der Waals surface area contributed by atoms with E-state index in [9.17, 15) is 13.5 Å². The summed E-state index contributed by atoms with van der Waals surface area (Å²) in [6.45, 7) is 2.13. The average molecular weight is 305 g/mol. The maximum atomic E-state index is 12.4. The summed E-state index contributed by atoms with van der Waals surface area (Å²) in [6, 6.07) is 0. The predicted molar refractivity (Wildman–Crippen MR) is 77.9 cm³/mol. The molecule has 0 amide bonds. The number of sulfonamides is 1. The van der Waals surface area contributed by atoms with E-state index in [-0.39, 0.29) is 23.8 Å². The van der Waals surface area contributed by atoms with Gasteiger partial charge in [0.1, 0.15) is 0 Å². The van der Waals surface area contributed by atoms with Crippen LogP contribution in [0.2, 0.25) is 0 Å². The van der Waals surface area contributed by atoms with Crippen molar-refractivity contribution in [3.05, 3.63) is 0 Å². The topological polar surface area (TPSA) is 75.6 Å². The van der Waals surface area contributed by atoms with Crippen LogP contribution in [0, 0.1) is 5.92 Å². The van der Waals surface area contributed by atoms with E-state index in [1.165, 1.54) is 0 Å². The number of nitrogens with one attached hydrogen (secondary N) is 1. The molecule has 2 N–H and O–H groups in total. The normalized spacial score (nSPS) is 34.2. The quantitative estimate of drug-likeness (QED) is 0.805. The minimum Gasteiger partial charge on any atom is -0.389 e. The fourth-order valence-corrected chi connectivity index (χ4v) is 5.40. The van der Waals surface area contributed by atoms with E-state index >= 15 is 0 Å². The van der Waals surface area contributed by atoms with Crippen molar-refractivity contribution in [3.63, 3.8) is 0 Å². The lowest BCUT2D eigenvalue weighted by Gasteiger charge is -2.34. The second-order valence-corrected chi connectivity index (χ2v) is 8.47. The maximum absolute atomic E-state index is 12.4. The van der Waals surface area contributed by atoms with Gasteiger partial charge in [-0.2, -0.15) is 0 Å². The van der Waals surface area contributed by atoms with Crippen LogP contribution < -0.4 is 4.72 Å². The molecule has 20 heavy (non-hydrogen) atoms. The van der Waals surface area contributed by atoms with Crippen LogP contribution >= 0.6 is 0 Å². The molecular formula is C14H27NO4S.